The van der Waals surface area contributed by atoms with Gasteiger partial charge in [0.1, 0.15) is 17.5 Å². The minimum absolute atomic E-state index is 0.107. The van der Waals surface area contributed by atoms with Gasteiger partial charge in [-0.05, 0) is 76.4 Å². The monoisotopic (exact) mass is 552 g/mol. The summed E-state index contributed by atoms with van der Waals surface area (Å²) in [6.07, 6.45) is 4.32. The third-order valence-electron chi connectivity index (χ3n) is 6.56. The zero-order chi connectivity index (χ0) is 29.7. The van der Waals surface area contributed by atoms with Gasteiger partial charge in [0.25, 0.3) is 5.91 Å². The van der Waals surface area contributed by atoms with Crippen LogP contribution in [-0.2, 0) is 11.2 Å². The molecular formula is C32H36N6O3. The molecule has 1 atom stereocenters. The molecule has 0 aliphatic carbocycles. The van der Waals surface area contributed by atoms with Gasteiger partial charge >= 0.3 is 0 Å². The molecular weight excluding hydrogens is 516 g/mol. The van der Waals surface area contributed by atoms with Crippen molar-refractivity contribution >= 4 is 17.5 Å². The number of nitrogens with two attached hydrogens (primary N) is 1. The molecule has 2 aromatic carbocycles. The van der Waals surface area contributed by atoms with Gasteiger partial charge in [0.15, 0.2) is 0 Å². The van der Waals surface area contributed by atoms with Gasteiger partial charge in [-0.2, -0.15) is 5.26 Å². The number of imidazole rings is 1. The smallest absolute Gasteiger partial charge is 0.251 e. The van der Waals surface area contributed by atoms with Crippen molar-refractivity contribution in [2.75, 3.05) is 6.54 Å². The van der Waals surface area contributed by atoms with Gasteiger partial charge in [-0.3, -0.25) is 9.59 Å². The molecule has 0 aliphatic heterocycles. The van der Waals surface area contributed by atoms with E-state index in [1.807, 2.05) is 74.0 Å². The van der Waals surface area contributed by atoms with Gasteiger partial charge in [0.05, 0.1) is 28.9 Å². The zero-order valence-electron chi connectivity index (χ0n) is 24.1. The van der Waals surface area contributed by atoms with Crippen LogP contribution in [0.4, 0.5) is 0 Å². The average molecular weight is 553 g/mol. The lowest BCUT2D eigenvalue weighted by Crippen LogP contribution is -2.53. The fraction of sp³-hybridized carbons (Fsp3) is 0.312. The van der Waals surface area contributed by atoms with E-state index < -0.39 is 11.6 Å². The normalized spacial score (nSPS) is 12.1. The molecule has 4 aromatic rings. The zero-order valence-corrected chi connectivity index (χ0v) is 24.1. The maximum absolute atomic E-state index is 13.2. The summed E-state index contributed by atoms with van der Waals surface area (Å²) in [6.45, 7) is 9.20. The Bertz CT molecular complexity index is 1590. The molecule has 2 amide bonds. The fourth-order valence-electron chi connectivity index (χ4n) is 4.39. The van der Waals surface area contributed by atoms with Gasteiger partial charge in [0, 0.05) is 30.1 Å². The number of carbonyl (C=O) groups excluding carboxylic acids is 2. The van der Waals surface area contributed by atoms with E-state index in [1.54, 1.807) is 26.0 Å². The predicted octanol–water partition coefficient (Wildman–Crippen LogP) is 4.16. The number of nitrogens with zero attached hydrogens (tertiary/aromatic N) is 3. The standard InChI is InChI=1S/C32H36N6O3/c1-20(2)41-28-13-12-24(16-25(28)17-33)30(39)36-26(18-35-31(40)32(4,5)34)15-22-8-10-23(11-9-22)27-19-38-14-6-7-21(3)29(38)37-27/h6-14,16,19-20,26H,15,18,34H2,1-5H3,(H,35,40)(H,36,39). The van der Waals surface area contributed by atoms with Crippen LogP contribution in [0.2, 0.25) is 0 Å². The molecule has 0 spiro atoms. The number of hydrogen-bond acceptors (Lipinski definition) is 6. The topological polar surface area (TPSA) is 135 Å². The van der Waals surface area contributed by atoms with Crippen molar-refractivity contribution < 1.29 is 14.3 Å². The lowest BCUT2D eigenvalue weighted by Gasteiger charge is -2.23. The molecule has 0 saturated heterocycles. The summed E-state index contributed by atoms with van der Waals surface area (Å²) in [4.78, 5) is 30.5. The maximum Gasteiger partial charge on any atom is 0.251 e. The van der Waals surface area contributed by atoms with Gasteiger partial charge in [-0.15, -0.1) is 0 Å². The number of nitriles is 1. The lowest BCUT2D eigenvalue weighted by atomic mass is 10.0. The Hall–Kier alpha value is -4.68. The second-order valence-electron chi connectivity index (χ2n) is 11.0. The molecule has 4 N–H and O–H groups in total. The highest BCUT2D eigenvalue weighted by Crippen LogP contribution is 2.23. The summed E-state index contributed by atoms with van der Waals surface area (Å²) in [5.41, 5.74) is 10.3. The third-order valence-corrected chi connectivity index (χ3v) is 6.56. The molecule has 41 heavy (non-hydrogen) atoms. The molecule has 0 saturated carbocycles. The summed E-state index contributed by atoms with van der Waals surface area (Å²) in [7, 11) is 0. The quantitative estimate of drug-likeness (QED) is 0.270. The van der Waals surface area contributed by atoms with Crippen LogP contribution in [0.1, 0.15) is 54.7 Å². The van der Waals surface area contributed by atoms with E-state index in [0.717, 1.165) is 28.0 Å². The highest BCUT2D eigenvalue weighted by atomic mass is 16.5. The Morgan fingerprint density at radius 1 is 1.15 bits per heavy atom. The third kappa shape index (κ3) is 7.29. The molecule has 2 heterocycles. The van der Waals surface area contributed by atoms with E-state index in [9.17, 15) is 14.9 Å². The summed E-state index contributed by atoms with van der Waals surface area (Å²) in [6, 6.07) is 18.4. The Labute approximate surface area is 240 Å². The minimum atomic E-state index is -1.06. The van der Waals surface area contributed by atoms with Gasteiger partial charge in [-0.1, -0.05) is 30.3 Å². The molecule has 0 fully saturated rings. The molecule has 0 bridgehead atoms. The van der Waals surface area contributed by atoms with Crippen molar-refractivity contribution in [1.29, 1.82) is 5.26 Å². The number of benzene rings is 2. The predicted molar refractivity (Wildman–Crippen MR) is 159 cm³/mol. The molecule has 4 rings (SSSR count). The Morgan fingerprint density at radius 3 is 2.51 bits per heavy atom. The number of aromatic nitrogens is 2. The second-order valence-corrected chi connectivity index (χ2v) is 11.0. The van der Waals surface area contributed by atoms with Crippen LogP contribution in [0.25, 0.3) is 16.9 Å². The molecule has 1 unspecified atom stereocenters. The number of nitrogens with one attached hydrogen (secondary N) is 2. The largest absolute Gasteiger partial charge is 0.490 e. The first kappa shape index (κ1) is 29.3. The van der Waals surface area contributed by atoms with E-state index in [-0.39, 0.29) is 30.0 Å². The highest BCUT2D eigenvalue weighted by molar-refractivity contribution is 5.95. The van der Waals surface area contributed by atoms with Crippen LogP contribution in [0, 0.1) is 18.3 Å². The van der Waals surface area contributed by atoms with Gasteiger partial charge < -0.3 is 25.5 Å². The number of carbonyl (C=O) groups is 2. The number of aryl methyl sites for hydroxylation is 1. The van der Waals surface area contributed by atoms with Crippen molar-refractivity contribution in [3.63, 3.8) is 0 Å². The summed E-state index contributed by atoms with van der Waals surface area (Å²) >= 11 is 0. The van der Waals surface area contributed by atoms with Crippen molar-refractivity contribution in [2.45, 2.75) is 58.7 Å². The van der Waals surface area contributed by atoms with Crippen molar-refractivity contribution in [3.05, 3.63) is 89.2 Å². The van der Waals surface area contributed by atoms with Crippen LogP contribution in [0.3, 0.4) is 0 Å². The number of ether oxygens (including phenoxy) is 1. The maximum atomic E-state index is 13.2. The number of rotatable bonds is 10. The van der Waals surface area contributed by atoms with Gasteiger partial charge in [0.2, 0.25) is 5.91 Å². The number of pyridine rings is 1. The molecule has 9 nitrogen and oxygen atoms in total. The van der Waals surface area contributed by atoms with Crippen molar-refractivity contribution in [2.24, 2.45) is 5.73 Å². The molecule has 2 aromatic heterocycles. The van der Waals surface area contributed by atoms with Crippen molar-refractivity contribution in [3.8, 4) is 23.1 Å². The lowest BCUT2D eigenvalue weighted by molar-refractivity contribution is -0.125. The summed E-state index contributed by atoms with van der Waals surface area (Å²) in [5.74, 6) is -0.259. The average Bonchev–Trinajstić information content (AvgIpc) is 3.37. The minimum Gasteiger partial charge on any atom is -0.490 e. The van der Waals surface area contributed by atoms with E-state index in [0.29, 0.717) is 17.7 Å². The van der Waals surface area contributed by atoms with Crippen LogP contribution < -0.4 is 21.1 Å². The van der Waals surface area contributed by atoms with E-state index in [1.165, 1.54) is 6.07 Å². The molecule has 0 aliphatic rings. The fourth-order valence-corrected chi connectivity index (χ4v) is 4.39. The Kier molecular flexibility index (Phi) is 8.74. The summed E-state index contributed by atoms with van der Waals surface area (Å²) in [5, 5.41) is 15.4. The first-order chi connectivity index (χ1) is 19.4. The Morgan fingerprint density at radius 2 is 1.88 bits per heavy atom. The summed E-state index contributed by atoms with van der Waals surface area (Å²) < 4.78 is 7.68. The Balaban J connectivity index is 1.53. The van der Waals surface area contributed by atoms with Crippen LogP contribution in [0.15, 0.2) is 67.0 Å². The first-order valence-electron chi connectivity index (χ1n) is 13.6. The number of hydrogen-bond donors (Lipinski definition) is 3. The second kappa shape index (κ2) is 12.2. The van der Waals surface area contributed by atoms with Crippen LogP contribution >= 0.6 is 0 Å². The van der Waals surface area contributed by atoms with E-state index >= 15 is 0 Å². The number of fused-ring (bicyclic) bond motifs is 1. The number of amides is 2. The van der Waals surface area contributed by atoms with Gasteiger partial charge in [-0.25, -0.2) is 4.98 Å². The molecule has 0 radical (unpaired) electrons. The van der Waals surface area contributed by atoms with Crippen LogP contribution in [0.5, 0.6) is 5.75 Å². The van der Waals surface area contributed by atoms with E-state index in [4.69, 9.17) is 15.5 Å². The highest BCUT2D eigenvalue weighted by Gasteiger charge is 2.24. The van der Waals surface area contributed by atoms with Crippen LogP contribution in [-0.4, -0.2) is 45.4 Å². The van der Waals surface area contributed by atoms with Crippen molar-refractivity contribution in [1.82, 2.24) is 20.0 Å². The first-order valence-corrected chi connectivity index (χ1v) is 13.6. The van der Waals surface area contributed by atoms with E-state index in [2.05, 4.69) is 16.7 Å². The molecule has 212 valence electrons. The SMILES string of the molecule is Cc1cccn2cc(-c3ccc(CC(CNC(=O)C(C)(C)N)NC(=O)c4ccc(OC(C)C)c(C#N)c4)cc3)nc12. The molecule has 9 heteroatoms.